The van der Waals surface area contributed by atoms with Crippen molar-refractivity contribution >= 4 is 11.3 Å². The average molecular weight is 169 g/mol. The van der Waals surface area contributed by atoms with Crippen LogP contribution in [-0.4, -0.2) is 6.04 Å². The molecular weight excluding hydrogens is 154 g/mol. The zero-order valence-corrected chi connectivity index (χ0v) is 8.11. The Balaban J connectivity index is 2.76. The highest BCUT2D eigenvalue weighted by molar-refractivity contribution is 7.10. The fourth-order valence-corrected chi connectivity index (χ4v) is 1.81. The Morgan fingerprint density at radius 1 is 1.45 bits per heavy atom. The molecule has 0 saturated carbocycles. The Labute approximate surface area is 72.2 Å². The molecular formula is C9H15NS. The van der Waals surface area contributed by atoms with Gasteiger partial charge in [0.05, 0.1) is 0 Å². The Morgan fingerprint density at radius 2 is 2.09 bits per heavy atom. The molecule has 0 spiro atoms. The number of hydrogen-bond acceptors (Lipinski definition) is 2. The summed E-state index contributed by atoms with van der Waals surface area (Å²) in [6, 6.07) is 2.47. The van der Waals surface area contributed by atoms with E-state index in [0.717, 1.165) is 0 Å². The molecule has 1 rings (SSSR count). The summed E-state index contributed by atoms with van der Waals surface area (Å²) in [5.74, 6) is 0.486. The van der Waals surface area contributed by atoms with Crippen LogP contribution in [-0.2, 0) is 0 Å². The molecule has 0 aliphatic heterocycles. The summed E-state index contributed by atoms with van der Waals surface area (Å²) < 4.78 is 0. The molecule has 0 saturated heterocycles. The van der Waals surface area contributed by atoms with Gasteiger partial charge in [-0.3, -0.25) is 0 Å². The summed E-state index contributed by atoms with van der Waals surface area (Å²) >= 11 is 1.79. The standard InChI is InChI=1S/C9H15NS/c1-6-4-9(5-11-6)7(2)8(3)10/h4-5,7-8H,10H2,1-3H3. The Hall–Kier alpha value is -0.340. The van der Waals surface area contributed by atoms with Gasteiger partial charge in [-0.15, -0.1) is 11.3 Å². The molecule has 0 aliphatic rings. The van der Waals surface area contributed by atoms with Gasteiger partial charge in [0.15, 0.2) is 0 Å². The van der Waals surface area contributed by atoms with E-state index >= 15 is 0 Å². The SMILES string of the molecule is Cc1cc(C(C)C(C)N)cs1. The van der Waals surface area contributed by atoms with E-state index in [0.29, 0.717) is 5.92 Å². The maximum atomic E-state index is 5.78. The fourth-order valence-electron chi connectivity index (χ4n) is 1.01. The van der Waals surface area contributed by atoms with Crippen molar-refractivity contribution in [3.63, 3.8) is 0 Å². The lowest BCUT2D eigenvalue weighted by molar-refractivity contribution is 0.615. The molecule has 2 unspecified atom stereocenters. The molecule has 2 atom stereocenters. The number of aryl methyl sites for hydroxylation is 1. The van der Waals surface area contributed by atoms with Crippen molar-refractivity contribution in [3.05, 3.63) is 21.9 Å². The lowest BCUT2D eigenvalue weighted by Gasteiger charge is -2.13. The highest BCUT2D eigenvalue weighted by atomic mass is 32.1. The van der Waals surface area contributed by atoms with Crippen LogP contribution in [0.2, 0.25) is 0 Å². The summed E-state index contributed by atoms with van der Waals surface area (Å²) in [6.45, 7) is 6.35. The smallest absolute Gasteiger partial charge is 0.00769 e. The first-order valence-corrected chi connectivity index (χ1v) is 4.80. The van der Waals surface area contributed by atoms with Gasteiger partial charge in [-0.05, 0) is 36.8 Å². The van der Waals surface area contributed by atoms with Gasteiger partial charge in [-0.2, -0.15) is 0 Å². The predicted octanol–water partition coefficient (Wildman–Crippen LogP) is 2.51. The van der Waals surface area contributed by atoms with Crippen molar-refractivity contribution in [2.75, 3.05) is 0 Å². The number of rotatable bonds is 2. The maximum absolute atomic E-state index is 5.78. The van der Waals surface area contributed by atoms with E-state index in [1.807, 2.05) is 0 Å². The van der Waals surface area contributed by atoms with Crippen molar-refractivity contribution in [2.45, 2.75) is 32.7 Å². The van der Waals surface area contributed by atoms with E-state index in [1.54, 1.807) is 11.3 Å². The minimum atomic E-state index is 0.254. The largest absolute Gasteiger partial charge is 0.327 e. The van der Waals surface area contributed by atoms with E-state index in [1.165, 1.54) is 10.4 Å². The van der Waals surface area contributed by atoms with Gasteiger partial charge in [0.1, 0.15) is 0 Å². The van der Waals surface area contributed by atoms with Crippen LogP contribution in [0.3, 0.4) is 0 Å². The van der Waals surface area contributed by atoms with Crippen LogP contribution in [0.25, 0.3) is 0 Å². The second kappa shape index (κ2) is 3.37. The summed E-state index contributed by atoms with van der Waals surface area (Å²) in [4.78, 5) is 1.37. The van der Waals surface area contributed by atoms with Gasteiger partial charge < -0.3 is 5.73 Å². The Kier molecular flexibility index (Phi) is 2.68. The molecule has 0 radical (unpaired) electrons. The van der Waals surface area contributed by atoms with Gasteiger partial charge in [0.25, 0.3) is 0 Å². The van der Waals surface area contributed by atoms with Gasteiger partial charge in [0.2, 0.25) is 0 Å². The summed E-state index contributed by atoms with van der Waals surface area (Å²) in [7, 11) is 0. The van der Waals surface area contributed by atoms with E-state index in [9.17, 15) is 0 Å². The summed E-state index contributed by atoms with van der Waals surface area (Å²) in [5.41, 5.74) is 7.16. The zero-order valence-electron chi connectivity index (χ0n) is 7.29. The molecule has 1 heterocycles. The van der Waals surface area contributed by atoms with Gasteiger partial charge in [-0.25, -0.2) is 0 Å². The minimum Gasteiger partial charge on any atom is -0.327 e. The maximum Gasteiger partial charge on any atom is 0.00769 e. The lowest BCUT2D eigenvalue weighted by atomic mass is 9.98. The monoisotopic (exact) mass is 169 g/mol. The molecule has 0 fully saturated rings. The van der Waals surface area contributed by atoms with E-state index in [-0.39, 0.29) is 6.04 Å². The van der Waals surface area contributed by atoms with Crippen molar-refractivity contribution in [2.24, 2.45) is 5.73 Å². The van der Waals surface area contributed by atoms with Gasteiger partial charge in [-0.1, -0.05) is 6.92 Å². The molecule has 2 heteroatoms. The number of nitrogens with two attached hydrogens (primary N) is 1. The second-order valence-electron chi connectivity index (χ2n) is 3.14. The average Bonchev–Trinajstić information content (AvgIpc) is 2.34. The third kappa shape index (κ3) is 2.04. The van der Waals surface area contributed by atoms with Crippen molar-refractivity contribution in [1.29, 1.82) is 0 Å². The van der Waals surface area contributed by atoms with Crippen molar-refractivity contribution in [1.82, 2.24) is 0 Å². The molecule has 0 bridgehead atoms. The Bertz CT molecular complexity index is 227. The fraction of sp³-hybridized carbons (Fsp3) is 0.556. The third-order valence-corrected chi connectivity index (χ3v) is 2.94. The second-order valence-corrected chi connectivity index (χ2v) is 4.25. The predicted molar refractivity (Wildman–Crippen MR) is 51.1 cm³/mol. The molecule has 1 nitrogen and oxygen atoms in total. The molecule has 2 N–H and O–H groups in total. The molecule has 1 aromatic heterocycles. The van der Waals surface area contributed by atoms with Crippen molar-refractivity contribution < 1.29 is 0 Å². The summed E-state index contributed by atoms with van der Waals surface area (Å²) in [6.07, 6.45) is 0. The van der Waals surface area contributed by atoms with Crippen molar-refractivity contribution in [3.8, 4) is 0 Å². The zero-order chi connectivity index (χ0) is 8.43. The highest BCUT2D eigenvalue weighted by Crippen LogP contribution is 2.23. The Morgan fingerprint density at radius 3 is 2.45 bits per heavy atom. The third-order valence-electron chi connectivity index (χ3n) is 2.07. The minimum absolute atomic E-state index is 0.254. The molecule has 62 valence electrons. The molecule has 1 aromatic rings. The van der Waals surface area contributed by atoms with Crippen LogP contribution in [0.5, 0.6) is 0 Å². The first-order valence-electron chi connectivity index (χ1n) is 3.92. The first-order chi connectivity index (χ1) is 5.11. The molecule has 0 aliphatic carbocycles. The van der Waals surface area contributed by atoms with E-state index in [4.69, 9.17) is 5.73 Å². The topological polar surface area (TPSA) is 26.0 Å². The van der Waals surface area contributed by atoms with E-state index in [2.05, 4.69) is 32.2 Å². The van der Waals surface area contributed by atoms with Crippen LogP contribution >= 0.6 is 11.3 Å². The van der Waals surface area contributed by atoms with Gasteiger partial charge >= 0.3 is 0 Å². The quantitative estimate of drug-likeness (QED) is 0.723. The van der Waals surface area contributed by atoms with E-state index < -0.39 is 0 Å². The molecule has 0 aromatic carbocycles. The van der Waals surface area contributed by atoms with Crippen LogP contribution in [0.1, 0.15) is 30.2 Å². The van der Waals surface area contributed by atoms with Crippen LogP contribution in [0, 0.1) is 6.92 Å². The van der Waals surface area contributed by atoms with Gasteiger partial charge in [0, 0.05) is 10.9 Å². The number of hydrogen-bond donors (Lipinski definition) is 1. The first kappa shape index (κ1) is 8.75. The lowest BCUT2D eigenvalue weighted by Crippen LogP contribution is -2.21. The number of thiophene rings is 1. The highest BCUT2D eigenvalue weighted by Gasteiger charge is 2.10. The van der Waals surface area contributed by atoms with Crippen LogP contribution in [0.15, 0.2) is 11.4 Å². The summed E-state index contributed by atoms with van der Waals surface area (Å²) in [5, 5.41) is 2.20. The molecule has 11 heavy (non-hydrogen) atoms. The van der Waals surface area contributed by atoms with Crippen LogP contribution < -0.4 is 5.73 Å². The van der Waals surface area contributed by atoms with Crippen LogP contribution in [0.4, 0.5) is 0 Å². The molecule has 0 amide bonds. The normalized spacial score (nSPS) is 16.4.